The monoisotopic (exact) mass is 242 g/mol. The molecule has 0 unspecified atom stereocenters. The van der Waals surface area contributed by atoms with Gasteiger partial charge in [0.1, 0.15) is 0 Å². The number of aliphatic carboxylic acids is 1. The molecule has 0 fully saturated rings. The predicted octanol–water partition coefficient (Wildman–Crippen LogP) is 0.498. The van der Waals surface area contributed by atoms with Crippen LogP contribution in [-0.2, 0) is 20.4 Å². The average Bonchev–Trinajstić information content (AvgIpc) is 2.14. The fourth-order valence-electron chi connectivity index (χ4n) is 1.23. The topological polar surface area (TPSA) is 88.5 Å². The first-order chi connectivity index (χ1) is 7.29. The summed E-state index contributed by atoms with van der Waals surface area (Å²) >= 11 is 0. The lowest BCUT2D eigenvalue weighted by Crippen LogP contribution is -2.13. The number of Topliss-reactive ketones (excluding diaryl/α,β-unsaturated/α-hetero) is 1. The molecule has 86 valence electrons. The number of carbonyl (C=O) groups excluding carboxylic acids is 1. The van der Waals surface area contributed by atoms with Crippen LogP contribution in [0.3, 0.4) is 0 Å². The minimum atomic E-state index is -3.20. The predicted molar refractivity (Wildman–Crippen MR) is 57.0 cm³/mol. The Labute approximate surface area is 92.6 Å². The van der Waals surface area contributed by atoms with E-state index in [0.29, 0.717) is 5.56 Å². The van der Waals surface area contributed by atoms with Crippen LogP contribution in [0.2, 0.25) is 0 Å². The second-order valence-electron chi connectivity index (χ2n) is 3.40. The molecule has 0 aliphatic carbocycles. The van der Waals surface area contributed by atoms with E-state index in [1.54, 1.807) is 0 Å². The number of hydrogen-bond donors (Lipinski definition) is 1. The van der Waals surface area contributed by atoms with Gasteiger partial charge in [-0.15, -0.1) is 0 Å². The van der Waals surface area contributed by atoms with Gasteiger partial charge in [-0.3, -0.25) is 4.79 Å². The van der Waals surface area contributed by atoms with Gasteiger partial charge in [-0.1, -0.05) is 18.2 Å². The summed E-state index contributed by atoms with van der Waals surface area (Å²) in [6, 6.07) is 5.59. The summed E-state index contributed by atoms with van der Waals surface area (Å²) in [5, 5.41) is 8.49. The highest BCUT2D eigenvalue weighted by molar-refractivity contribution is 7.89. The van der Waals surface area contributed by atoms with E-state index in [9.17, 15) is 18.0 Å². The van der Waals surface area contributed by atoms with E-state index in [-0.39, 0.29) is 11.3 Å². The van der Waals surface area contributed by atoms with E-state index < -0.39 is 21.6 Å². The molecular weight excluding hydrogens is 232 g/mol. The molecule has 0 spiro atoms. The van der Waals surface area contributed by atoms with Crippen LogP contribution < -0.4 is 0 Å². The van der Waals surface area contributed by atoms with E-state index in [1.165, 1.54) is 24.3 Å². The molecule has 6 heteroatoms. The highest BCUT2D eigenvalue weighted by Crippen LogP contribution is 2.09. The Balaban J connectivity index is 3.05. The Hall–Kier alpha value is -1.69. The number of rotatable bonds is 4. The van der Waals surface area contributed by atoms with Gasteiger partial charge in [-0.2, -0.15) is 0 Å². The zero-order chi connectivity index (χ0) is 12.3. The van der Waals surface area contributed by atoms with Gasteiger partial charge in [-0.25, -0.2) is 13.2 Å². The van der Waals surface area contributed by atoms with Crippen LogP contribution in [0, 0.1) is 0 Å². The van der Waals surface area contributed by atoms with Crippen molar-refractivity contribution in [3.8, 4) is 0 Å². The van der Waals surface area contributed by atoms with Gasteiger partial charge >= 0.3 is 5.97 Å². The summed E-state index contributed by atoms with van der Waals surface area (Å²) in [6.45, 7) is 0. The number of carboxylic acid groups (broad SMARTS) is 1. The molecule has 1 aromatic rings. The zero-order valence-corrected chi connectivity index (χ0v) is 9.32. The maximum absolute atomic E-state index is 11.1. The number of sulfone groups is 1. The zero-order valence-electron chi connectivity index (χ0n) is 8.50. The van der Waals surface area contributed by atoms with Crippen molar-refractivity contribution in [2.45, 2.75) is 5.75 Å². The van der Waals surface area contributed by atoms with Crippen molar-refractivity contribution in [3.63, 3.8) is 0 Å². The SMILES string of the molecule is CS(=O)(=O)Cc1cccc(C(=O)C(=O)O)c1. The summed E-state index contributed by atoms with van der Waals surface area (Å²) in [5.41, 5.74) is 0.378. The highest BCUT2D eigenvalue weighted by Gasteiger charge is 2.15. The van der Waals surface area contributed by atoms with Crippen LogP contribution in [0.1, 0.15) is 15.9 Å². The first kappa shape index (κ1) is 12.4. The Morgan fingerprint density at radius 1 is 1.31 bits per heavy atom. The Morgan fingerprint density at radius 2 is 1.94 bits per heavy atom. The number of ketones is 1. The lowest BCUT2D eigenvalue weighted by atomic mass is 10.1. The molecule has 0 saturated carbocycles. The summed E-state index contributed by atoms with van der Waals surface area (Å²) in [6.07, 6.45) is 1.07. The fraction of sp³-hybridized carbons (Fsp3) is 0.200. The molecule has 0 heterocycles. The van der Waals surface area contributed by atoms with Crippen molar-refractivity contribution in [2.24, 2.45) is 0 Å². The molecule has 1 rings (SSSR count). The van der Waals surface area contributed by atoms with Gasteiger partial charge in [-0.05, 0) is 11.6 Å². The molecule has 0 aromatic heterocycles. The van der Waals surface area contributed by atoms with E-state index in [0.717, 1.165) is 6.26 Å². The van der Waals surface area contributed by atoms with E-state index >= 15 is 0 Å². The molecule has 5 nitrogen and oxygen atoms in total. The van der Waals surface area contributed by atoms with Crippen molar-refractivity contribution in [2.75, 3.05) is 6.26 Å². The molecule has 0 amide bonds. The van der Waals surface area contributed by atoms with Crippen molar-refractivity contribution >= 4 is 21.6 Å². The molecule has 0 atom stereocenters. The van der Waals surface area contributed by atoms with E-state index in [2.05, 4.69) is 0 Å². The van der Waals surface area contributed by atoms with Crippen LogP contribution in [-0.4, -0.2) is 31.5 Å². The molecule has 1 aromatic carbocycles. The Bertz CT molecular complexity index is 530. The number of hydrogen-bond acceptors (Lipinski definition) is 4. The summed E-state index contributed by atoms with van der Waals surface area (Å²) in [4.78, 5) is 21.5. The first-order valence-corrected chi connectivity index (χ1v) is 6.40. The first-order valence-electron chi connectivity index (χ1n) is 4.34. The van der Waals surface area contributed by atoms with E-state index in [1.807, 2.05) is 0 Å². The maximum atomic E-state index is 11.1. The second kappa shape index (κ2) is 4.44. The Morgan fingerprint density at radius 3 is 2.44 bits per heavy atom. The van der Waals surface area contributed by atoms with Gasteiger partial charge in [0, 0.05) is 11.8 Å². The van der Waals surface area contributed by atoms with Gasteiger partial charge in [0.05, 0.1) is 5.75 Å². The van der Waals surface area contributed by atoms with Crippen LogP contribution in [0.4, 0.5) is 0 Å². The average molecular weight is 242 g/mol. The van der Waals surface area contributed by atoms with Gasteiger partial charge in [0.25, 0.3) is 5.78 Å². The number of benzene rings is 1. The minimum absolute atomic E-state index is 0.0198. The lowest BCUT2D eigenvalue weighted by molar-refractivity contribution is -0.131. The van der Waals surface area contributed by atoms with Crippen LogP contribution in [0.5, 0.6) is 0 Å². The summed E-state index contributed by atoms with van der Waals surface area (Å²) in [5.74, 6) is -2.82. The normalized spacial score (nSPS) is 11.1. The van der Waals surface area contributed by atoms with Gasteiger partial charge in [0.2, 0.25) is 0 Å². The molecule has 0 aliphatic rings. The highest BCUT2D eigenvalue weighted by atomic mass is 32.2. The third kappa shape index (κ3) is 3.47. The fourth-order valence-corrected chi connectivity index (χ4v) is 2.01. The maximum Gasteiger partial charge on any atom is 0.377 e. The molecular formula is C10H10O5S. The largest absolute Gasteiger partial charge is 0.475 e. The number of carboxylic acids is 1. The molecule has 0 aliphatic heterocycles. The molecule has 0 radical (unpaired) electrons. The Kier molecular flexibility index (Phi) is 3.44. The van der Waals surface area contributed by atoms with E-state index in [4.69, 9.17) is 5.11 Å². The van der Waals surface area contributed by atoms with Crippen molar-refractivity contribution in [1.82, 2.24) is 0 Å². The van der Waals surface area contributed by atoms with Crippen LogP contribution >= 0.6 is 0 Å². The van der Waals surface area contributed by atoms with Gasteiger partial charge in [0.15, 0.2) is 9.84 Å². The third-order valence-corrected chi connectivity index (χ3v) is 2.67. The van der Waals surface area contributed by atoms with Crippen molar-refractivity contribution in [1.29, 1.82) is 0 Å². The lowest BCUT2D eigenvalue weighted by Gasteiger charge is -2.01. The molecule has 1 N–H and O–H groups in total. The molecule has 0 bridgehead atoms. The van der Waals surface area contributed by atoms with Crippen molar-refractivity contribution in [3.05, 3.63) is 35.4 Å². The third-order valence-electron chi connectivity index (χ3n) is 1.81. The number of carbonyl (C=O) groups is 2. The minimum Gasteiger partial charge on any atom is -0.475 e. The quantitative estimate of drug-likeness (QED) is 0.613. The second-order valence-corrected chi connectivity index (χ2v) is 5.54. The molecule has 0 saturated heterocycles. The molecule has 16 heavy (non-hydrogen) atoms. The summed E-state index contributed by atoms with van der Waals surface area (Å²) < 4.78 is 22.0. The van der Waals surface area contributed by atoms with Crippen LogP contribution in [0.25, 0.3) is 0 Å². The standard InChI is InChI=1S/C10H10O5S/c1-16(14,15)6-7-3-2-4-8(5-7)9(11)10(12)13/h2-5H,6H2,1H3,(H,12,13). The van der Waals surface area contributed by atoms with Gasteiger partial charge < -0.3 is 5.11 Å². The smallest absolute Gasteiger partial charge is 0.377 e. The van der Waals surface area contributed by atoms with Crippen molar-refractivity contribution < 1.29 is 23.1 Å². The van der Waals surface area contributed by atoms with Crippen LogP contribution in [0.15, 0.2) is 24.3 Å². The summed E-state index contributed by atoms with van der Waals surface area (Å²) in [7, 11) is -3.20.